The summed E-state index contributed by atoms with van der Waals surface area (Å²) in [5.41, 5.74) is 5.80. The van der Waals surface area contributed by atoms with E-state index in [1.54, 1.807) is 6.92 Å². The molecule has 0 unspecified atom stereocenters. The third-order valence-electron chi connectivity index (χ3n) is 2.41. The van der Waals surface area contributed by atoms with E-state index in [2.05, 4.69) is 15.1 Å². The second-order valence-corrected chi connectivity index (χ2v) is 3.75. The van der Waals surface area contributed by atoms with Gasteiger partial charge in [-0.25, -0.2) is 4.99 Å². The molecule has 6 nitrogen and oxygen atoms in total. The number of nitrogens with zero attached hydrogens (tertiary/aromatic N) is 4. The van der Waals surface area contributed by atoms with Gasteiger partial charge in [-0.3, -0.25) is 0 Å². The third kappa shape index (κ3) is 3.32. The van der Waals surface area contributed by atoms with Crippen LogP contribution in [-0.2, 0) is 6.54 Å². The van der Waals surface area contributed by atoms with Gasteiger partial charge >= 0.3 is 0 Å². The Morgan fingerprint density at radius 3 is 2.81 bits per heavy atom. The van der Waals surface area contributed by atoms with Gasteiger partial charge in [0.25, 0.3) is 0 Å². The number of hydrogen-bond acceptors (Lipinski definition) is 4. The molecule has 1 fully saturated rings. The van der Waals surface area contributed by atoms with Crippen LogP contribution in [0.3, 0.4) is 0 Å². The van der Waals surface area contributed by atoms with E-state index in [0.717, 1.165) is 0 Å². The minimum atomic E-state index is 0. The lowest BCUT2D eigenvalue weighted by atomic mass is 10.5. The molecule has 0 saturated heterocycles. The average molecular weight is 337 g/mol. The van der Waals surface area contributed by atoms with E-state index in [9.17, 15) is 0 Å². The molecule has 0 aliphatic heterocycles. The molecule has 0 spiro atoms. The fourth-order valence-corrected chi connectivity index (χ4v) is 1.32. The zero-order valence-corrected chi connectivity index (χ0v) is 11.7. The van der Waals surface area contributed by atoms with Crippen molar-refractivity contribution in [3.8, 4) is 0 Å². The second-order valence-electron chi connectivity index (χ2n) is 3.75. The van der Waals surface area contributed by atoms with Gasteiger partial charge in [-0.1, -0.05) is 5.16 Å². The third-order valence-corrected chi connectivity index (χ3v) is 2.41. The van der Waals surface area contributed by atoms with Gasteiger partial charge in [-0.2, -0.15) is 4.98 Å². The van der Waals surface area contributed by atoms with Crippen LogP contribution in [0.2, 0.25) is 0 Å². The number of aliphatic imine (C=N–C) groups is 1. The van der Waals surface area contributed by atoms with E-state index < -0.39 is 0 Å². The Labute approximate surface area is 111 Å². The lowest BCUT2D eigenvalue weighted by molar-refractivity contribution is 0.387. The summed E-state index contributed by atoms with van der Waals surface area (Å²) in [5.74, 6) is 1.66. The zero-order valence-electron chi connectivity index (χ0n) is 9.38. The molecule has 0 amide bonds. The van der Waals surface area contributed by atoms with E-state index in [1.165, 1.54) is 12.8 Å². The van der Waals surface area contributed by atoms with Crippen molar-refractivity contribution in [1.82, 2.24) is 15.0 Å². The van der Waals surface area contributed by atoms with Gasteiger partial charge in [0.05, 0.1) is 0 Å². The van der Waals surface area contributed by atoms with Crippen molar-refractivity contribution in [2.24, 2.45) is 10.7 Å². The second kappa shape index (κ2) is 5.46. The summed E-state index contributed by atoms with van der Waals surface area (Å²) in [7, 11) is 1.96. The van der Waals surface area contributed by atoms with E-state index in [4.69, 9.17) is 10.3 Å². The first-order valence-electron chi connectivity index (χ1n) is 4.99. The van der Waals surface area contributed by atoms with Gasteiger partial charge < -0.3 is 15.2 Å². The highest BCUT2D eigenvalue weighted by Gasteiger charge is 2.27. The number of hydrogen-bond donors (Lipinski definition) is 1. The lowest BCUT2D eigenvalue weighted by Gasteiger charge is -2.16. The van der Waals surface area contributed by atoms with Crippen LogP contribution in [0.1, 0.15) is 24.6 Å². The molecule has 0 aromatic carbocycles. The van der Waals surface area contributed by atoms with Crippen LogP contribution < -0.4 is 5.73 Å². The van der Waals surface area contributed by atoms with Gasteiger partial charge in [0.2, 0.25) is 5.89 Å². The summed E-state index contributed by atoms with van der Waals surface area (Å²) in [4.78, 5) is 10.2. The largest absolute Gasteiger partial charge is 0.370 e. The predicted octanol–water partition coefficient (Wildman–Crippen LogP) is 0.905. The Morgan fingerprint density at radius 2 is 2.31 bits per heavy atom. The first-order chi connectivity index (χ1) is 7.16. The lowest BCUT2D eigenvalue weighted by Crippen LogP contribution is -2.35. The minimum absolute atomic E-state index is 0. The van der Waals surface area contributed by atoms with Crippen molar-refractivity contribution in [3.63, 3.8) is 0 Å². The van der Waals surface area contributed by atoms with Gasteiger partial charge in [-0.05, 0) is 12.8 Å². The SMILES string of the molecule is Cc1nc(CN=C(N)N(C)C2CC2)no1.I. The normalized spacial score (nSPS) is 15.8. The van der Waals surface area contributed by atoms with Gasteiger partial charge in [0, 0.05) is 20.0 Å². The molecule has 1 aliphatic rings. The zero-order chi connectivity index (χ0) is 10.8. The van der Waals surface area contributed by atoms with Crippen molar-refractivity contribution in [2.75, 3.05) is 7.05 Å². The fourth-order valence-electron chi connectivity index (χ4n) is 1.32. The maximum atomic E-state index is 5.80. The molecule has 1 aliphatic carbocycles. The highest BCUT2D eigenvalue weighted by molar-refractivity contribution is 14.0. The molecule has 2 N–H and O–H groups in total. The Hall–Kier alpha value is -0.860. The van der Waals surface area contributed by atoms with Crippen molar-refractivity contribution < 1.29 is 4.52 Å². The topological polar surface area (TPSA) is 80.5 Å². The molecule has 0 bridgehead atoms. The van der Waals surface area contributed by atoms with Crippen LogP contribution in [0.5, 0.6) is 0 Å². The maximum absolute atomic E-state index is 5.80. The standard InChI is InChI=1S/C9H15N5O.HI/c1-6-12-8(13-15-6)5-11-9(10)14(2)7-3-4-7;/h7H,3-5H2,1-2H3,(H2,10,11);1H. The number of aryl methyl sites for hydroxylation is 1. The molecule has 1 heterocycles. The fraction of sp³-hybridized carbons (Fsp3) is 0.667. The highest BCUT2D eigenvalue weighted by atomic mass is 127. The quantitative estimate of drug-likeness (QED) is 0.504. The smallest absolute Gasteiger partial charge is 0.223 e. The van der Waals surface area contributed by atoms with Crippen molar-refractivity contribution in [3.05, 3.63) is 11.7 Å². The van der Waals surface area contributed by atoms with Crippen molar-refractivity contribution in [1.29, 1.82) is 0 Å². The average Bonchev–Trinajstić information content (AvgIpc) is 2.98. The molecule has 1 aromatic heterocycles. The predicted molar refractivity (Wildman–Crippen MR) is 70.6 cm³/mol. The number of aromatic nitrogens is 2. The van der Waals surface area contributed by atoms with E-state index in [-0.39, 0.29) is 24.0 Å². The summed E-state index contributed by atoms with van der Waals surface area (Å²) in [6.07, 6.45) is 2.40. The number of halogens is 1. The molecular weight excluding hydrogens is 321 g/mol. The van der Waals surface area contributed by atoms with E-state index >= 15 is 0 Å². The monoisotopic (exact) mass is 337 g/mol. The maximum Gasteiger partial charge on any atom is 0.223 e. The van der Waals surface area contributed by atoms with E-state index in [0.29, 0.717) is 30.3 Å². The van der Waals surface area contributed by atoms with Crippen LogP contribution in [0.15, 0.2) is 9.52 Å². The highest BCUT2D eigenvalue weighted by Crippen LogP contribution is 2.24. The molecule has 1 aromatic rings. The first kappa shape index (κ1) is 13.2. The molecule has 16 heavy (non-hydrogen) atoms. The molecule has 0 radical (unpaired) electrons. The van der Waals surface area contributed by atoms with Crippen molar-refractivity contribution in [2.45, 2.75) is 32.4 Å². The van der Waals surface area contributed by atoms with Gasteiger partial charge in [-0.15, -0.1) is 24.0 Å². The summed E-state index contributed by atoms with van der Waals surface area (Å²) in [6.45, 7) is 2.13. The Morgan fingerprint density at radius 1 is 1.62 bits per heavy atom. The molecule has 0 atom stereocenters. The first-order valence-corrected chi connectivity index (χ1v) is 4.99. The number of rotatable bonds is 3. The van der Waals surface area contributed by atoms with Crippen LogP contribution in [0, 0.1) is 6.92 Å². The molecule has 90 valence electrons. The molecule has 1 saturated carbocycles. The van der Waals surface area contributed by atoms with Gasteiger partial charge in [0.15, 0.2) is 11.8 Å². The summed E-state index contributed by atoms with van der Waals surface area (Å²) in [6, 6.07) is 0.570. The van der Waals surface area contributed by atoms with Crippen LogP contribution in [-0.4, -0.2) is 34.1 Å². The molecule has 7 heteroatoms. The summed E-state index contributed by atoms with van der Waals surface area (Å²) >= 11 is 0. The number of guanidine groups is 1. The van der Waals surface area contributed by atoms with Gasteiger partial charge in [0.1, 0.15) is 6.54 Å². The summed E-state index contributed by atoms with van der Waals surface area (Å²) in [5, 5.41) is 3.74. The number of nitrogens with two attached hydrogens (primary N) is 1. The summed E-state index contributed by atoms with van der Waals surface area (Å²) < 4.78 is 4.83. The van der Waals surface area contributed by atoms with Crippen LogP contribution >= 0.6 is 24.0 Å². The molecular formula is C9H16IN5O. The Bertz CT molecular complexity index is 374. The Kier molecular flexibility index (Phi) is 4.51. The molecule has 2 rings (SSSR count). The van der Waals surface area contributed by atoms with Crippen molar-refractivity contribution >= 4 is 29.9 Å². The van der Waals surface area contributed by atoms with Crippen LogP contribution in [0.4, 0.5) is 0 Å². The minimum Gasteiger partial charge on any atom is -0.370 e. The van der Waals surface area contributed by atoms with E-state index in [1.807, 2.05) is 11.9 Å². The van der Waals surface area contributed by atoms with Crippen LogP contribution in [0.25, 0.3) is 0 Å². The Balaban J connectivity index is 0.00000128.